The van der Waals surface area contributed by atoms with Crippen LogP contribution < -0.4 is 5.73 Å². The molecule has 2 saturated heterocycles. The predicted octanol–water partition coefficient (Wildman–Crippen LogP) is 3.01. The molecule has 0 saturated carbocycles. The summed E-state index contributed by atoms with van der Waals surface area (Å²) in [6.45, 7) is 6.98. The molecule has 3 rings (SSSR count). The van der Waals surface area contributed by atoms with E-state index in [1.807, 2.05) is 0 Å². The summed E-state index contributed by atoms with van der Waals surface area (Å²) in [7, 11) is 0. The predicted molar refractivity (Wildman–Crippen MR) is 91.3 cm³/mol. The van der Waals surface area contributed by atoms with E-state index in [4.69, 9.17) is 5.73 Å². The first-order valence-corrected chi connectivity index (χ1v) is 8.98. The van der Waals surface area contributed by atoms with Crippen LogP contribution in [0.15, 0.2) is 28.7 Å². The van der Waals surface area contributed by atoms with Crippen LogP contribution >= 0.6 is 15.9 Å². The molecule has 3 nitrogen and oxygen atoms in total. The monoisotopic (exact) mass is 351 g/mol. The van der Waals surface area contributed by atoms with Crippen LogP contribution in [0.25, 0.3) is 0 Å². The summed E-state index contributed by atoms with van der Waals surface area (Å²) in [5.74, 6) is 0. The fourth-order valence-corrected chi connectivity index (χ4v) is 4.42. The van der Waals surface area contributed by atoms with E-state index in [1.54, 1.807) is 0 Å². The molecule has 2 aliphatic heterocycles. The van der Waals surface area contributed by atoms with Gasteiger partial charge in [0.1, 0.15) is 0 Å². The third-order valence-electron chi connectivity index (χ3n) is 5.11. The molecule has 3 unspecified atom stereocenters. The molecule has 3 atom stereocenters. The minimum atomic E-state index is 0.191. The van der Waals surface area contributed by atoms with Crippen molar-refractivity contribution in [3.05, 3.63) is 34.3 Å². The van der Waals surface area contributed by atoms with Gasteiger partial charge in [-0.2, -0.15) is 0 Å². The van der Waals surface area contributed by atoms with Crippen molar-refractivity contribution in [3.63, 3.8) is 0 Å². The standard InChI is InChI=1S/C17H26BrN3/c1-2-16(19)17(14-7-3-4-8-15(14)18)21-11-10-20-9-5-6-13(20)12-21/h3-4,7-8,13,16-17H,2,5-6,9-12,19H2,1H3. The minimum Gasteiger partial charge on any atom is -0.326 e. The second-order valence-electron chi connectivity index (χ2n) is 6.37. The first-order valence-electron chi connectivity index (χ1n) is 8.18. The third-order valence-corrected chi connectivity index (χ3v) is 5.84. The molecular formula is C17H26BrN3. The highest BCUT2D eigenvalue weighted by molar-refractivity contribution is 9.10. The summed E-state index contributed by atoms with van der Waals surface area (Å²) in [5.41, 5.74) is 7.86. The number of rotatable bonds is 4. The van der Waals surface area contributed by atoms with Crippen molar-refractivity contribution in [1.82, 2.24) is 9.80 Å². The Hall–Kier alpha value is -0.420. The van der Waals surface area contributed by atoms with Gasteiger partial charge in [-0.25, -0.2) is 0 Å². The lowest BCUT2D eigenvalue weighted by Gasteiger charge is -2.43. The normalized spacial score (nSPS) is 26.5. The maximum Gasteiger partial charge on any atom is 0.0511 e. The van der Waals surface area contributed by atoms with Crippen LogP contribution in [0.3, 0.4) is 0 Å². The molecule has 1 aromatic rings. The second kappa shape index (κ2) is 6.78. The lowest BCUT2D eigenvalue weighted by atomic mass is 9.95. The average Bonchev–Trinajstić information content (AvgIpc) is 2.97. The summed E-state index contributed by atoms with van der Waals surface area (Å²) in [4.78, 5) is 5.28. The van der Waals surface area contributed by atoms with E-state index in [9.17, 15) is 0 Å². The number of hydrogen-bond acceptors (Lipinski definition) is 3. The Bertz CT molecular complexity index is 479. The van der Waals surface area contributed by atoms with E-state index in [0.29, 0.717) is 6.04 Å². The van der Waals surface area contributed by atoms with Gasteiger partial charge in [0.15, 0.2) is 0 Å². The Morgan fingerprint density at radius 1 is 1.29 bits per heavy atom. The van der Waals surface area contributed by atoms with E-state index in [-0.39, 0.29) is 6.04 Å². The van der Waals surface area contributed by atoms with E-state index >= 15 is 0 Å². The zero-order valence-electron chi connectivity index (χ0n) is 12.8. The van der Waals surface area contributed by atoms with Crippen molar-refractivity contribution in [2.75, 3.05) is 26.2 Å². The van der Waals surface area contributed by atoms with Crippen molar-refractivity contribution in [2.24, 2.45) is 5.73 Å². The Kier molecular flexibility index (Phi) is 4.99. The summed E-state index contributed by atoms with van der Waals surface area (Å²) < 4.78 is 1.19. The molecule has 2 heterocycles. The molecule has 0 spiro atoms. The Morgan fingerprint density at radius 2 is 2.10 bits per heavy atom. The molecule has 2 fully saturated rings. The molecule has 0 bridgehead atoms. The Balaban J connectivity index is 1.84. The van der Waals surface area contributed by atoms with Crippen LogP contribution in [0.1, 0.15) is 37.8 Å². The smallest absolute Gasteiger partial charge is 0.0511 e. The van der Waals surface area contributed by atoms with Gasteiger partial charge in [0.05, 0.1) is 6.04 Å². The lowest BCUT2D eigenvalue weighted by Crippen LogP contribution is -2.54. The highest BCUT2D eigenvalue weighted by Crippen LogP contribution is 2.34. The quantitative estimate of drug-likeness (QED) is 0.904. The van der Waals surface area contributed by atoms with Gasteiger partial charge < -0.3 is 5.73 Å². The van der Waals surface area contributed by atoms with Gasteiger partial charge >= 0.3 is 0 Å². The van der Waals surface area contributed by atoms with Crippen molar-refractivity contribution in [1.29, 1.82) is 0 Å². The molecule has 21 heavy (non-hydrogen) atoms. The summed E-state index contributed by atoms with van der Waals surface area (Å²) in [6.07, 6.45) is 3.72. The molecule has 2 aliphatic rings. The number of nitrogens with zero attached hydrogens (tertiary/aromatic N) is 2. The maximum absolute atomic E-state index is 6.51. The number of fused-ring (bicyclic) bond motifs is 1. The van der Waals surface area contributed by atoms with Crippen LogP contribution in [-0.4, -0.2) is 48.1 Å². The number of benzene rings is 1. The zero-order valence-corrected chi connectivity index (χ0v) is 14.4. The van der Waals surface area contributed by atoms with Crippen LogP contribution in [0, 0.1) is 0 Å². The number of hydrogen-bond donors (Lipinski definition) is 1. The number of halogens is 1. The molecule has 0 aliphatic carbocycles. The molecule has 0 aromatic heterocycles. The van der Waals surface area contributed by atoms with Crippen LogP contribution in [-0.2, 0) is 0 Å². The van der Waals surface area contributed by atoms with Crippen LogP contribution in [0.4, 0.5) is 0 Å². The van der Waals surface area contributed by atoms with Gasteiger partial charge in [-0.1, -0.05) is 41.1 Å². The van der Waals surface area contributed by atoms with Gasteiger partial charge in [-0.15, -0.1) is 0 Å². The molecule has 1 aromatic carbocycles. The van der Waals surface area contributed by atoms with E-state index in [0.717, 1.165) is 19.0 Å². The number of piperazine rings is 1. The van der Waals surface area contributed by atoms with Crippen molar-refractivity contribution in [3.8, 4) is 0 Å². The molecule has 0 radical (unpaired) electrons. The van der Waals surface area contributed by atoms with Crippen molar-refractivity contribution in [2.45, 2.75) is 44.3 Å². The largest absolute Gasteiger partial charge is 0.326 e. The summed E-state index contributed by atoms with van der Waals surface area (Å²) in [5, 5.41) is 0. The zero-order chi connectivity index (χ0) is 14.8. The highest BCUT2D eigenvalue weighted by atomic mass is 79.9. The van der Waals surface area contributed by atoms with E-state index in [2.05, 4.69) is 56.9 Å². The van der Waals surface area contributed by atoms with Gasteiger partial charge in [0.25, 0.3) is 0 Å². The maximum atomic E-state index is 6.51. The summed E-state index contributed by atoms with van der Waals surface area (Å²) >= 11 is 3.72. The fraction of sp³-hybridized carbons (Fsp3) is 0.647. The van der Waals surface area contributed by atoms with Crippen LogP contribution in [0.5, 0.6) is 0 Å². The lowest BCUT2D eigenvalue weighted by molar-refractivity contribution is 0.0606. The topological polar surface area (TPSA) is 32.5 Å². The molecule has 4 heteroatoms. The fourth-order valence-electron chi connectivity index (χ4n) is 3.90. The number of nitrogens with two attached hydrogens (primary N) is 1. The van der Waals surface area contributed by atoms with Gasteiger partial charge in [-0.3, -0.25) is 9.80 Å². The molecule has 116 valence electrons. The van der Waals surface area contributed by atoms with Gasteiger partial charge in [-0.05, 0) is 37.4 Å². The van der Waals surface area contributed by atoms with Gasteiger partial charge in [0, 0.05) is 36.2 Å². The van der Waals surface area contributed by atoms with Crippen molar-refractivity contribution < 1.29 is 0 Å². The average molecular weight is 352 g/mol. The first kappa shape index (κ1) is 15.5. The molecule has 2 N–H and O–H groups in total. The van der Waals surface area contributed by atoms with Crippen LogP contribution in [0.2, 0.25) is 0 Å². The minimum absolute atomic E-state index is 0.191. The van der Waals surface area contributed by atoms with Gasteiger partial charge in [0.2, 0.25) is 0 Å². The van der Waals surface area contributed by atoms with Crippen molar-refractivity contribution >= 4 is 15.9 Å². The molecule has 0 amide bonds. The third kappa shape index (κ3) is 3.19. The SMILES string of the molecule is CCC(N)C(c1ccccc1Br)N1CCN2CCCC2C1. The molecular weight excluding hydrogens is 326 g/mol. The summed E-state index contributed by atoms with van der Waals surface area (Å²) in [6, 6.07) is 9.83. The Labute approximate surface area is 136 Å². The highest BCUT2D eigenvalue weighted by Gasteiger charge is 2.36. The Morgan fingerprint density at radius 3 is 2.86 bits per heavy atom. The van der Waals surface area contributed by atoms with E-state index in [1.165, 1.54) is 42.5 Å². The second-order valence-corrected chi connectivity index (χ2v) is 7.22. The first-order chi connectivity index (χ1) is 10.2. The van der Waals surface area contributed by atoms with E-state index < -0.39 is 0 Å².